The van der Waals surface area contributed by atoms with Gasteiger partial charge in [0.1, 0.15) is 17.5 Å². The van der Waals surface area contributed by atoms with Gasteiger partial charge < -0.3 is 0 Å². The van der Waals surface area contributed by atoms with Crippen LogP contribution in [0.15, 0.2) is 17.0 Å². The predicted octanol–water partition coefficient (Wildman–Crippen LogP) is 3.29. The smallest absolute Gasteiger partial charge is 0.207 e. The summed E-state index contributed by atoms with van der Waals surface area (Å²) in [6, 6.07) is 0.251. The highest BCUT2D eigenvalue weighted by Crippen LogP contribution is 2.25. The Kier molecular flexibility index (Phi) is 6.03. The minimum Gasteiger partial charge on any atom is -0.207 e. The highest BCUT2D eigenvalue weighted by molar-refractivity contribution is 9.09. The Morgan fingerprint density at radius 2 is 1.70 bits per heavy atom. The van der Waals surface area contributed by atoms with E-state index in [2.05, 4.69) is 15.9 Å². The Morgan fingerprint density at radius 1 is 1.20 bits per heavy atom. The molecule has 8 heteroatoms. The molecular formula is C12H15BrF3NO2S. The largest absolute Gasteiger partial charge is 0.249 e. The highest BCUT2D eigenvalue weighted by atomic mass is 79.9. The lowest BCUT2D eigenvalue weighted by Gasteiger charge is -2.26. The molecule has 0 aliphatic carbocycles. The molecule has 20 heavy (non-hydrogen) atoms. The fraction of sp³-hybridized carbons (Fsp3) is 0.500. The lowest BCUT2D eigenvalue weighted by atomic mass is 10.3. The van der Waals surface area contributed by atoms with Gasteiger partial charge in [0, 0.05) is 30.0 Å². The lowest BCUT2D eigenvalue weighted by molar-refractivity contribution is 0.350. The summed E-state index contributed by atoms with van der Waals surface area (Å²) < 4.78 is 65.9. The summed E-state index contributed by atoms with van der Waals surface area (Å²) in [6.07, 6.45) is 0.488. The number of sulfonamides is 1. The van der Waals surface area contributed by atoms with Gasteiger partial charge in [0.25, 0.3) is 0 Å². The van der Waals surface area contributed by atoms with E-state index in [1.165, 1.54) is 0 Å². The quantitative estimate of drug-likeness (QED) is 0.717. The summed E-state index contributed by atoms with van der Waals surface area (Å²) in [5, 5.41) is 0.556. The molecule has 0 heterocycles. The molecule has 0 spiro atoms. The summed E-state index contributed by atoms with van der Waals surface area (Å²) in [4.78, 5) is -1.11. The first-order chi connectivity index (χ1) is 9.21. The molecule has 0 N–H and O–H groups in total. The zero-order valence-electron chi connectivity index (χ0n) is 11.0. The summed E-state index contributed by atoms with van der Waals surface area (Å²) in [6.45, 7) is 3.32. The van der Waals surface area contributed by atoms with Crippen LogP contribution in [0.3, 0.4) is 0 Å². The standard InChI is InChI=1S/C12H15BrF3NO2S/c1-8(2)17(5-3-4-13)20(18,19)12-10(15)6-9(14)7-11(12)16/h6-8H,3-5H2,1-2H3. The molecule has 0 saturated heterocycles. The summed E-state index contributed by atoms with van der Waals surface area (Å²) in [5.41, 5.74) is 0. The molecule has 0 radical (unpaired) electrons. The molecule has 1 aromatic rings. The van der Waals surface area contributed by atoms with Crippen LogP contribution in [0.2, 0.25) is 0 Å². The Bertz CT molecular complexity index is 555. The molecule has 114 valence electrons. The SMILES string of the molecule is CC(C)N(CCCBr)S(=O)(=O)c1c(F)cc(F)cc1F. The molecule has 3 nitrogen and oxygen atoms in total. The van der Waals surface area contributed by atoms with Crippen molar-refractivity contribution in [3.8, 4) is 0 Å². The van der Waals surface area contributed by atoms with E-state index in [9.17, 15) is 21.6 Å². The van der Waals surface area contributed by atoms with Gasteiger partial charge in [-0.05, 0) is 20.3 Å². The molecule has 0 saturated carbocycles. The van der Waals surface area contributed by atoms with Crippen LogP contribution in [0.4, 0.5) is 13.2 Å². The van der Waals surface area contributed by atoms with Crippen molar-refractivity contribution in [3.05, 3.63) is 29.6 Å². The van der Waals surface area contributed by atoms with Crippen molar-refractivity contribution >= 4 is 26.0 Å². The molecule has 0 unspecified atom stereocenters. The van der Waals surface area contributed by atoms with Crippen molar-refractivity contribution in [1.29, 1.82) is 0 Å². The molecule has 0 fully saturated rings. The van der Waals surface area contributed by atoms with Gasteiger partial charge in [0.2, 0.25) is 10.0 Å². The zero-order chi connectivity index (χ0) is 15.5. The average Bonchev–Trinajstić information content (AvgIpc) is 2.26. The van der Waals surface area contributed by atoms with Crippen molar-refractivity contribution in [2.75, 3.05) is 11.9 Å². The zero-order valence-corrected chi connectivity index (χ0v) is 13.4. The first kappa shape index (κ1) is 17.5. The number of hydrogen-bond donors (Lipinski definition) is 0. The third-order valence-corrected chi connectivity index (χ3v) is 5.31. The Balaban J connectivity index is 3.34. The summed E-state index contributed by atoms with van der Waals surface area (Å²) in [7, 11) is -4.35. The second-order valence-electron chi connectivity index (χ2n) is 4.45. The number of rotatable bonds is 6. The van der Waals surface area contributed by atoms with Crippen molar-refractivity contribution in [2.45, 2.75) is 31.2 Å². The Morgan fingerprint density at radius 3 is 2.10 bits per heavy atom. The second-order valence-corrected chi connectivity index (χ2v) is 7.07. The van der Waals surface area contributed by atoms with E-state index in [1.54, 1.807) is 13.8 Å². The third kappa shape index (κ3) is 3.73. The van der Waals surface area contributed by atoms with E-state index in [4.69, 9.17) is 0 Å². The minimum absolute atomic E-state index is 0.113. The van der Waals surface area contributed by atoms with E-state index >= 15 is 0 Å². The van der Waals surface area contributed by atoms with E-state index in [0.717, 1.165) is 4.31 Å². The van der Waals surface area contributed by atoms with E-state index < -0.39 is 38.4 Å². The first-order valence-corrected chi connectivity index (χ1v) is 8.50. The van der Waals surface area contributed by atoms with Gasteiger partial charge in [-0.3, -0.25) is 0 Å². The Labute approximate surface area is 125 Å². The van der Waals surface area contributed by atoms with Gasteiger partial charge in [0.15, 0.2) is 4.90 Å². The monoisotopic (exact) mass is 373 g/mol. The van der Waals surface area contributed by atoms with Gasteiger partial charge >= 0.3 is 0 Å². The maximum atomic E-state index is 13.7. The molecular weight excluding hydrogens is 359 g/mol. The molecule has 0 bridgehead atoms. The summed E-state index contributed by atoms with van der Waals surface area (Å²) >= 11 is 3.17. The molecule has 0 atom stereocenters. The number of halogens is 4. The fourth-order valence-corrected chi connectivity index (χ4v) is 3.78. The molecule has 0 aliphatic rings. The average molecular weight is 374 g/mol. The molecule has 0 aliphatic heterocycles. The number of benzene rings is 1. The Hall–Kier alpha value is -0.600. The predicted molar refractivity (Wildman–Crippen MR) is 73.8 cm³/mol. The van der Waals surface area contributed by atoms with Crippen molar-refractivity contribution < 1.29 is 21.6 Å². The van der Waals surface area contributed by atoms with Crippen LogP contribution in [-0.4, -0.2) is 30.6 Å². The van der Waals surface area contributed by atoms with E-state index in [0.29, 0.717) is 23.9 Å². The van der Waals surface area contributed by atoms with Crippen LogP contribution >= 0.6 is 15.9 Å². The highest BCUT2D eigenvalue weighted by Gasteiger charge is 2.32. The van der Waals surface area contributed by atoms with Crippen LogP contribution in [0, 0.1) is 17.5 Å². The number of hydrogen-bond acceptors (Lipinski definition) is 2. The minimum atomic E-state index is -4.35. The molecule has 1 aromatic carbocycles. The van der Waals surface area contributed by atoms with Crippen molar-refractivity contribution in [3.63, 3.8) is 0 Å². The van der Waals surface area contributed by atoms with E-state index in [-0.39, 0.29) is 6.54 Å². The van der Waals surface area contributed by atoms with Gasteiger partial charge in [0.05, 0.1) is 0 Å². The molecule has 0 aromatic heterocycles. The van der Waals surface area contributed by atoms with Crippen LogP contribution < -0.4 is 0 Å². The van der Waals surface area contributed by atoms with Gasteiger partial charge in [-0.25, -0.2) is 21.6 Å². The normalized spacial score (nSPS) is 12.4. The van der Waals surface area contributed by atoms with Crippen LogP contribution in [0.25, 0.3) is 0 Å². The number of nitrogens with zero attached hydrogens (tertiary/aromatic N) is 1. The van der Waals surface area contributed by atoms with Crippen LogP contribution in [0.1, 0.15) is 20.3 Å². The molecule has 1 rings (SSSR count). The summed E-state index contributed by atoms with van der Waals surface area (Å²) in [5.74, 6) is -4.01. The topological polar surface area (TPSA) is 37.4 Å². The van der Waals surface area contributed by atoms with Gasteiger partial charge in [-0.1, -0.05) is 15.9 Å². The van der Waals surface area contributed by atoms with Crippen LogP contribution in [0.5, 0.6) is 0 Å². The first-order valence-electron chi connectivity index (χ1n) is 5.94. The van der Waals surface area contributed by atoms with Crippen LogP contribution in [-0.2, 0) is 10.0 Å². The van der Waals surface area contributed by atoms with Crippen molar-refractivity contribution in [1.82, 2.24) is 4.31 Å². The van der Waals surface area contributed by atoms with Gasteiger partial charge in [-0.2, -0.15) is 4.31 Å². The fourth-order valence-electron chi connectivity index (χ4n) is 1.76. The number of alkyl halides is 1. The van der Waals surface area contributed by atoms with Gasteiger partial charge in [-0.15, -0.1) is 0 Å². The van der Waals surface area contributed by atoms with E-state index in [1.807, 2.05) is 0 Å². The third-order valence-electron chi connectivity index (χ3n) is 2.62. The van der Waals surface area contributed by atoms with Crippen molar-refractivity contribution in [2.24, 2.45) is 0 Å². The second kappa shape index (κ2) is 6.91. The lowest BCUT2D eigenvalue weighted by Crippen LogP contribution is -2.38. The maximum Gasteiger partial charge on any atom is 0.249 e. The molecule has 0 amide bonds. The maximum absolute atomic E-state index is 13.7.